The molecule has 1 heterocycles. The number of sulfone groups is 1. The first-order valence-corrected chi connectivity index (χ1v) is 7.25. The van der Waals surface area contributed by atoms with Gasteiger partial charge in [-0.05, 0) is 28.1 Å². The summed E-state index contributed by atoms with van der Waals surface area (Å²) < 4.78 is 24.2. The summed E-state index contributed by atoms with van der Waals surface area (Å²) in [7, 11) is -3.47. The highest BCUT2D eigenvalue weighted by molar-refractivity contribution is 9.11. The average molecular weight is 310 g/mol. The molecule has 4 nitrogen and oxygen atoms in total. The van der Waals surface area contributed by atoms with E-state index < -0.39 is 21.7 Å². The van der Waals surface area contributed by atoms with Crippen LogP contribution in [0, 0.1) is 11.3 Å². The fourth-order valence-electron chi connectivity index (χ4n) is 0.965. The average Bonchev–Trinajstić information content (AvgIpc) is 2.51. The number of nitrogens with zero attached hydrogens (tertiary/aromatic N) is 1. The van der Waals surface area contributed by atoms with Crippen molar-refractivity contribution in [1.29, 1.82) is 5.26 Å². The number of aliphatic hydroxyl groups excluding tert-OH is 1. The predicted octanol–water partition coefficient (Wildman–Crippen LogP) is 1.56. The third-order valence-electron chi connectivity index (χ3n) is 1.59. The molecule has 0 saturated carbocycles. The third kappa shape index (κ3) is 3.57. The Morgan fingerprint density at radius 1 is 1.60 bits per heavy atom. The summed E-state index contributed by atoms with van der Waals surface area (Å²) in [6.07, 6.45) is -1.30. The van der Waals surface area contributed by atoms with E-state index in [0.717, 1.165) is 15.1 Å². The van der Waals surface area contributed by atoms with Crippen LogP contribution in [-0.2, 0) is 9.84 Å². The van der Waals surface area contributed by atoms with E-state index in [-0.39, 0.29) is 10.6 Å². The Kier molecular flexibility index (Phi) is 4.28. The lowest BCUT2D eigenvalue weighted by Gasteiger charge is -2.05. The van der Waals surface area contributed by atoms with E-state index in [4.69, 9.17) is 5.26 Å². The van der Waals surface area contributed by atoms with Gasteiger partial charge in [-0.2, -0.15) is 5.26 Å². The monoisotopic (exact) mass is 309 g/mol. The van der Waals surface area contributed by atoms with Crippen LogP contribution in [0.15, 0.2) is 20.1 Å². The molecule has 1 rings (SSSR count). The first-order valence-electron chi connectivity index (χ1n) is 3.99. The Hall–Kier alpha value is -0.420. The number of hydrogen-bond acceptors (Lipinski definition) is 5. The summed E-state index contributed by atoms with van der Waals surface area (Å²) in [4.78, 5) is 0. The van der Waals surface area contributed by atoms with E-state index in [2.05, 4.69) is 15.9 Å². The summed E-state index contributed by atoms with van der Waals surface area (Å²) >= 11 is 4.25. The van der Waals surface area contributed by atoms with Crippen LogP contribution in [-0.4, -0.2) is 25.4 Å². The highest BCUT2D eigenvalue weighted by Crippen LogP contribution is 2.27. The Labute approximate surface area is 100 Å². The lowest BCUT2D eigenvalue weighted by molar-refractivity contribution is 0.202. The van der Waals surface area contributed by atoms with Crippen LogP contribution >= 0.6 is 27.3 Å². The van der Waals surface area contributed by atoms with Crippen molar-refractivity contribution in [2.75, 3.05) is 5.75 Å². The van der Waals surface area contributed by atoms with Gasteiger partial charge in [0.2, 0.25) is 0 Å². The molecule has 0 spiro atoms. The molecule has 82 valence electrons. The fourth-order valence-corrected chi connectivity index (χ4v) is 4.45. The molecule has 0 saturated heterocycles. The summed E-state index contributed by atoms with van der Waals surface area (Å²) in [6, 6.07) is 4.83. The van der Waals surface area contributed by atoms with Crippen LogP contribution < -0.4 is 0 Å². The molecular formula is C8H8BrNO3S2. The second-order valence-corrected chi connectivity index (χ2v) is 7.58. The number of nitriles is 1. The topological polar surface area (TPSA) is 78.2 Å². The van der Waals surface area contributed by atoms with Gasteiger partial charge in [0.05, 0.1) is 28.1 Å². The quantitative estimate of drug-likeness (QED) is 0.915. The minimum absolute atomic E-state index is 0.175. The lowest BCUT2D eigenvalue weighted by atomic mass is 10.3. The zero-order chi connectivity index (χ0) is 11.5. The van der Waals surface area contributed by atoms with E-state index in [1.165, 1.54) is 6.07 Å². The number of hydrogen-bond donors (Lipinski definition) is 1. The number of thiophene rings is 1. The van der Waals surface area contributed by atoms with E-state index in [1.54, 1.807) is 12.1 Å². The molecule has 0 radical (unpaired) electrons. The first-order chi connectivity index (χ1) is 6.95. The number of halogens is 1. The van der Waals surface area contributed by atoms with Crippen LogP contribution in [0.1, 0.15) is 6.42 Å². The zero-order valence-corrected chi connectivity index (χ0v) is 10.8. The van der Waals surface area contributed by atoms with Crippen molar-refractivity contribution in [3.05, 3.63) is 15.9 Å². The molecule has 0 aromatic carbocycles. The van der Waals surface area contributed by atoms with Crippen molar-refractivity contribution < 1.29 is 13.5 Å². The fraction of sp³-hybridized carbons (Fsp3) is 0.375. The van der Waals surface area contributed by atoms with Crippen molar-refractivity contribution in [2.45, 2.75) is 16.7 Å². The molecule has 0 bridgehead atoms. The summed E-state index contributed by atoms with van der Waals surface area (Å²) in [6.45, 7) is 0. The Balaban J connectivity index is 2.81. The minimum atomic E-state index is -3.47. The third-order valence-corrected chi connectivity index (χ3v) is 5.60. The lowest BCUT2D eigenvalue weighted by Crippen LogP contribution is -2.19. The Morgan fingerprint density at radius 3 is 2.73 bits per heavy atom. The molecule has 15 heavy (non-hydrogen) atoms. The summed E-state index contributed by atoms with van der Waals surface area (Å²) in [5.41, 5.74) is 0. The minimum Gasteiger partial charge on any atom is -0.391 e. The first kappa shape index (κ1) is 12.6. The second-order valence-electron chi connectivity index (χ2n) is 2.86. The van der Waals surface area contributed by atoms with Gasteiger partial charge in [0.1, 0.15) is 4.21 Å². The standard InChI is InChI=1S/C8H8BrNO3S2/c9-7-1-2-8(14-7)15(12,13)5-6(11)3-4-10/h1-2,6,11H,3,5H2. The van der Waals surface area contributed by atoms with Gasteiger partial charge < -0.3 is 5.11 Å². The molecule has 0 fully saturated rings. The van der Waals surface area contributed by atoms with Gasteiger partial charge in [0, 0.05) is 0 Å². The van der Waals surface area contributed by atoms with E-state index >= 15 is 0 Å². The van der Waals surface area contributed by atoms with Crippen molar-refractivity contribution in [3.8, 4) is 6.07 Å². The van der Waals surface area contributed by atoms with Gasteiger partial charge in [0.15, 0.2) is 9.84 Å². The summed E-state index contributed by atoms with van der Waals surface area (Å²) in [5.74, 6) is -0.409. The van der Waals surface area contributed by atoms with Crippen LogP contribution in [0.25, 0.3) is 0 Å². The smallest absolute Gasteiger partial charge is 0.190 e. The largest absolute Gasteiger partial charge is 0.391 e. The van der Waals surface area contributed by atoms with Gasteiger partial charge in [0.25, 0.3) is 0 Å². The molecule has 7 heteroatoms. The van der Waals surface area contributed by atoms with Crippen molar-refractivity contribution >= 4 is 37.1 Å². The molecule has 1 aromatic heterocycles. The normalized spacial score (nSPS) is 13.4. The highest BCUT2D eigenvalue weighted by atomic mass is 79.9. The molecule has 0 aliphatic rings. The number of rotatable bonds is 4. The van der Waals surface area contributed by atoms with Crippen LogP contribution in [0.2, 0.25) is 0 Å². The Morgan fingerprint density at radius 2 is 2.27 bits per heavy atom. The zero-order valence-electron chi connectivity index (χ0n) is 7.55. The molecular weight excluding hydrogens is 302 g/mol. The van der Waals surface area contributed by atoms with Crippen LogP contribution in [0.3, 0.4) is 0 Å². The van der Waals surface area contributed by atoms with Crippen molar-refractivity contribution in [2.24, 2.45) is 0 Å². The maximum absolute atomic E-state index is 11.7. The van der Waals surface area contributed by atoms with Gasteiger partial charge >= 0.3 is 0 Å². The van der Waals surface area contributed by atoms with Gasteiger partial charge in [-0.3, -0.25) is 0 Å². The Bertz CT molecular complexity index is 474. The van der Waals surface area contributed by atoms with Gasteiger partial charge in [-0.15, -0.1) is 11.3 Å². The molecule has 0 amide bonds. The van der Waals surface area contributed by atoms with Crippen molar-refractivity contribution in [3.63, 3.8) is 0 Å². The molecule has 1 unspecified atom stereocenters. The van der Waals surface area contributed by atoms with Crippen LogP contribution in [0.4, 0.5) is 0 Å². The molecule has 0 aliphatic heterocycles. The molecule has 0 aliphatic carbocycles. The maximum Gasteiger partial charge on any atom is 0.190 e. The predicted molar refractivity (Wildman–Crippen MR) is 60.3 cm³/mol. The number of aliphatic hydroxyl groups is 1. The maximum atomic E-state index is 11.7. The van der Waals surface area contributed by atoms with E-state index in [9.17, 15) is 13.5 Å². The van der Waals surface area contributed by atoms with Gasteiger partial charge in [-0.1, -0.05) is 0 Å². The second kappa shape index (κ2) is 5.07. The highest BCUT2D eigenvalue weighted by Gasteiger charge is 2.21. The van der Waals surface area contributed by atoms with E-state index in [0.29, 0.717) is 0 Å². The molecule has 1 N–H and O–H groups in total. The van der Waals surface area contributed by atoms with E-state index in [1.807, 2.05) is 0 Å². The van der Waals surface area contributed by atoms with Crippen molar-refractivity contribution in [1.82, 2.24) is 0 Å². The summed E-state index contributed by atoms with van der Waals surface area (Å²) in [5, 5.41) is 17.5. The van der Waals surface area contributed by atoms with Crippen LogP contribution in [0.5, 0.6) is 0 Å². The SMILES string of the molecule is N#CCC(O)CS(=O)(=O)c1ccc(Br)s1. The molecule has 1 aromatic rings. The molecule has 1 atom stereocenters. The van der Waals surface area contributed by atoms with Gasteiger partial charge in [-0.25, -0.2) is 8.42 Å².